The summed E-state index contributed by atoms with van der Waals surface area (Å²) in [5.74, 6) is 0.711. The zero-order valence-corrected chi connectivity index (χ0v) is 5.16. The second-order valence-electron chi connectivity index (χ2n) is 1.89. The number of fused-ring (bicyclic) bond motifs is 1. The molecule has 1 aliphatic carbocycles. The molecule has 4 nitrogen and oxygen atoms in total. The van der Waals surface area contributed by atoms with Crippen molar-refractivity contribution in [3.8, 4) is 11.5 Å². The second-order valence-corrected chi connectivity index (χ2v) is 1.89. The molecule has 0 atom stereocenters. The Hall–Kier alpha value is -1.58. The Balaban J connectivity index is 2.71. The number of nitrogens with one attached hydrogen (secondary N) is 1. The third kappa shape index (κ3) is 0.500. The standard InChI is InChI=1S/C6H5N3O/c1-7-4-2-3-5-6(4)8-9-10-5/h2-3,9H,1H2. The van der Waals surface area contributed by atoms with Crippen LogP contribution in [0.25, 0.3) is 11.5 Å². The number of hydrogen-bond donors (Lipinski definition) is 1. The van der Waals surface area contributed by atoms with Gasteiger partial charge in [0, 0.05) is 0 Å². The maximum atomic E-state index is 4.88. The Labute approximate surface area is 56.9 Å². The van der Waals surface area contributed by atoms with E-state index in [2.05, 4.69) is 22.1 Å². The van der Waals surface area contributed by atoms with E-state index in [1.807, 2.05) is 6.07 Å². The van der Waals surface area contributed by atoms with Crippen molar-refractivity contribution in [1.82, 2.24) is 10.4 Å². The smallest absolute Gasteiger partial charge is 0.186 e. The number of aromatic nitrogens is 2. The van der Waals surface area contributed by atoms with Gasteiger partial charge in [0.1, 0.15) is 0 Å². The van der Waals surface area contributed by atoms with Crippen LogP contribution in [0.3, 0.4) is 0 Å². The molecule has 0 bridgehead atoms. The van der Waals surface area contributed by atoms with Crippen molar-refractivity contribution in [2.75, 3.05) is 0 Å². The first-order chi connectivity index (χ1) is 4.92. The second kappa shape index (κ2) is 1.70. The molecule has 0 spiro atoms. The molecule has 1 heterocycles. The van der Waals surface area contributed by atoms with E-state index in [0.717, 1.165) is 11.4 Å². The van der Waals surface area contributed by atoms with Gasteiger partial charge in [0.25, 0.3) is 0 Å². The van der Waals surface area contributed by atoms with Crippen LogP contribution < -0.4 is 0 Å². The Morgan fingerprint density at radius 1 is 1.60 bits per heavy atom. The monoisotopic (exact) mass is 135 g/mol. The molecule has 0 aromatic rings. The maximum absolute atomic E-state index is 4.88. The zero-order valence-electron chi connectivity index (χ0n) is 5.16. The van der Waals surface area contributed by atoms with Crippen LogP contribution in [0, 0.1) is 0 Å². The molecule has 1 aliphatic heterocycles. The fourth-order valence-electron chi connectivity index (χ4n) is 0.879. The highest BCUT2D eigenvalue weighted by Gasteiger charge is 2.12. The molecular weight excluding hydrogens is 130 g/mol. The van der Waals surface area contributed by atoms with E-state index in [9.17, 15) is 0 Å². The lowest BCUT2D eigenvalue weighted by Gasteiger charge is -1.81. The molecule has 0 saturated carbocycles. The number of nitrogens with zero attached hydrogens (tertiary/aromatic N) is 2. The van der Waals surface area contributed by atoms with E-state index >= 15 is 0 Å². The summed E-state index contributed by atoms with van der Waals surface area (Å²) in [6.07, 6.45) is 0. The molecule has 1 N–H and O–H groups in total. The highest BCUT2D eigenvalue weighted by Crippen LogP contribution is 2.30. The van der Waals surface area contributed by atoms with Crippen molar-refractivity contribution < 1.29 is 4.52 Å². The molecule has 0 fully saturated rings. The minimum absolute atomic E-state index is 0.711. The molecule has 2 rings (SSSR count). The van der Waals surface area contributed by atoms with Crippen LogP contribution in [0.15, 0.2) is 21.6 Å². The van der Waals surface area contributed by atoms with E-state index in [4.69, 9.17) is 4.52 Å². The molecule has 0 saturated heterocycles. The Kier molecular flexibility index (Phi) is 0.887. The number of aliphatic imine (C=N–C) groups is 1. The number of aromatic amines is 1. The van der Waals surface area contributed by atoms with Gasteiger partial charge in [-0.05, 0) is 18.9 Å². The van der Waals surface area contributed by atoms with E-state index < -0.39 is 0 Å². The van der Waals surface area contributed by atoms with E-state index in [0.29, 0.717) is 5.76 Å². The third-order valence-electron chi connectivity index (χ3n) is 1.35. The number of H-pyrrole nitrogens is 1. The fourth-order valence-corrected chi connectivity index (χ4v) is 0.879. The topological polar surface area (TPSA) is 54.2 Å². The van der Waals surface area contributed by atoms with Gasteiger partial charge in [0.15, 0.2) is 11.5 Å². The van der Waals surface area contributed by atoms with Gasteiger partial charge >= 0.3 is 0 Å². The lowest BCUT2D eigenvalue weighted by Crippen LogP contribution is -1.67. The van der Waals surface area contributed by atoms with Crippen molar-refractivity contribution in [2.45, 2.75) is 0 Å². The lowest BCUT2D eigenvalue weighted by molar-refractivity contribution is 0.407. The first-order valence-corrected chi connectivity index (χ1v) is 2.81. The Morgan fingerprint density at radius 2 is 2.50 bits per heavy atom. The number of rotatable bonds is 1. The summed E-state index contributed by atoms with van der Waals surface area (Å²) in [7, 11) is 0. The SMILES string of the molecule is C=Nc1ccc2o[nH]nc1-2. The predicted octanol–water partition coefficient (Wildman–Crippen LogP) is 1.44. The van der Waals surface area contributed by atoms with Crippen LogP contribution in [0.4, 0.5) is 5.69 Å². The summed E-state index contributed by atoms with van der Waals surface area (Å²) in [6, 6.07) is 3.60. The van der Waals surface area contributed by atoms with Gasteiger partial charge in [0.2, 0.25) is 0 Å². The van der Waals surface area contributed by atoms with Gasteiger partial charge in [-0.2, -0.15) is 0 Å². The van der Waals surface area contributed by atoms with Gasteiger partial charge < -0.3 is 4.52 Å². The molecule has 2 aliphatic rings. The molecule has 0 aromatic carbocycles. The quantitative estimate of drug-likeness (QED) is 0.601. The average molecular weight is 135 g/mol. The molecule has 0 radical (unpaired) electrons. The summed E-state index contributed by atoms with van der Waals surface area (Å²) in [4.78, 5) is 3.74. The van der Waals surface area contributed by atoms with Crippen LogP contribution in [0.1, 0.15) is 0 Å². The molecule has 0 unspecified atom stereocenters. The molecule has 0 aromatic heterocycles. The van der Waals surface area contributed by atoms with Gasteiger partial charge in [-0.15, -0.1) is 10.4 Å². The van der Waals surface area contributed by atoms with Crippen LogP contribution in [-0.4, -0.2) is 17.1 Å². The normalized spacial score (nSPS) is 10.4. The molecule has 10 heavy (non-hydrogen) atoms. The van der Waals surface area contributed by atoms with E-state index in [-0.39, 0.29) is 0 Å². The zero-order chi connectivity index (χ0) is 6.97. The van der Waals surface area contributed by atoms with E-state index in [1.165, 1.54) is 0 Å². The number of hydrogen-bond acceptors (Lipinski definition) is 3. The van der Waals surface area contributed by atoms with Gasteiger partial charge in [-0.3, -0.25) is 4.99 Å². The van der Waals surface area contributed by atoms with Crippen LogP contribution in [-0.2, 0) is 0 Å². The molecule has 4 heteroatoms. The van der Waals surface area contributed by atoms with Gasteiger partial charge in [-0.1, -0.05) is 0 Å². The highest BCUT2D eigenvalue weighted by molar-refractivity contribution is 5.72. The molecule has 0 amide bonds. The Bertz CT molecular complexity index is 322. The maximum Gasteiger partial charge on any atom is 0.186 e. The predicted molar refractivity (Wildman–Crippen MR) is 36.7 cm³/mol. The van der Waals surface area contributed by atoms with Crippen molar-refractivity contribution in [1.29, 1.82) is 0 Å². The average Bonchev–Trinajstić information content (AvgIpc) is 2.44. The van der Waals surface area contributed by atoms with Crippen molar-refractivity contribution >= 4 is 12.4 Å². The van der Waals surface area contributed by atoms with Crippen molar-refractivity contribution in [3.05, 3.63) is 12.1 Å². The summed E-state index contributed by atoms with van der Waals surface area (Å²) < 4.78 is 4.88. The minimum Gasteiger partial charge on any atom is -0.363 e. The van der Waals surface area contributed by atoms with Gasteiger partial charge in [0.05, 0.1) is 5.69 Å². The Morgan fingerprint density at radius 3 is 3.30 bits per heavy atom. The van der Waals surface area contributed by atoms with Crippen molar-refractivity contribution in [2.24, 2.45) is 4.99 Å². The van der Waals surface area contributed by atoms with Crippen LogP contribution in [0.5, 0.6) is 0 Å². The van der Waals surface area contributed by atoms with E-state index in [1.54, 1.807) is 6.07 Å². The summed E-state index contributed by atoms with van der Waals surface area (Å²) in [5, 5.41) is 6.20. The first-order valence-electron chi connectivity index (χ1n) is 2.81. The van der Waals surface area contributed by atoms with Crippen LogP contribution in [0.2, 0.25) is 0 Å². The molecular formula is C6H5N3O. The highest BCUT2D eigenvalue weighted by atomic mass is 16.5. The van der Waals surface area contributed by atoms with Crippen molar-refractivity contribution in [3.63, 3.8) is 0 Å². The first kappa shape index (κ1) is 5.22. The third-order valence-corrected chi connectivity index (χ3v) is 1.35. The molecule has 50 valence electrons. The summed E-state index contributed by atoms with van der Waals surface area (Å²) in [6.45, 7) is 3.39. The lowest BCUT2D eigenvalue weighted by atomic mass is 10.4. The summed E-state index contributed by atoms with van der Waals surface area (Å²) in [5.41, 5.74) is 1.48. The minimum atomic E-state index is 0.711. The van der Waals surface area contributed by atoms with Gasteiger partial charge in [-0.25, -0.2) is 0 Å². The fraction of sp³-hybridized carbons (Fsp3) is 0. The largest absolute Gasteiger partial charge is 0.363 e. The summed E-state index contributed by atoms with van der Waals surface area (Å²) >= 11 is 0. The van der Waals surface area contributed by atoms with Crippen LogP contribution >= 0.6 is 0 Å².